The van der Waals surface area contributed by atoms with Gasteiger partial charge in [0.05, 0.1) is 18.2 Å². The minimum atomic E-state index is -0.169. The number of fused-ring (bicyclic) bond motifs is 1. The molecule has 0 saturated carbocycles. The lowest BCUT2D eigenvalue weighted by atomic mass is 9.77. The van der Waals surface area contributed by atoms with Gasteiger partial charge in [-0.05, 0) is 24.0 Å². The van der Waals surface area contributed by atoms with Gasteiger partial charge in [0.2, 0.25) is 5.91 Å². The fraction of sp³-hybridized carbons (Fsp3) is 0.444. The van der Waals surface area contributed by atoms with Crippen LogP contribution in [0.4, 0.5) is 0 Å². The molecule has 1 unspecified atom stereocenters. The molecule has 4 rings (SSSR count). The largest absolute Gasteiger partial charge is 0.373 e. The van der Waals surface area contributed by atoms with Gasteiger partial charge >= 0.3 is 0 Å². The summed E-state index contributed by atoms with van der Waals surface area (Å²) >= 11 is 0. The molecule has 1 aromatic heterocycles. The second-order valence-electron chi connectivity index (χ2n) is 6.48. The molecule has 5 nitrogen and oxygen atoms in total. The third kappa shape index (κ3) is 2.65. The molecule has 1 aromatic carbocycles. The molecule has 1 amide bonds. The van der Waals surface area contributed by atoms with E-state index in [1.807, 2.05) is 13.2 Å². The molecule has 1 saturated heterocycles. The molecule has 3 atom stereocenters. The van der Waals surface area contributed by atoms with E-state index in [0.29, 0.717) is 19.1 Å². The quantitative estimate of drug-likeness (QED) is 0.939. The number of hydrogen-bond donors (Lipinski definition) is 1. The molecular formula is C18H21N3O2. The van der Waals surface area contributed by atoms with Crippen LogP contribution >= 0.6 is 0 Å². The van der Waals surface area contributed by atoms with Gasteiger partial charge in [0.25, 0.3) is 0 Å². The monoisotopic (exact) mass is 311 g/mol. The van der Waals surface area contributed by atoms with Gasteiger partial charge in [-0.1, -0.05) is 24.3 Å². The van der Waals surface area contributed by atoms with E-state index in [1.54, 1.807) is 10.9 Å². The smallest absolute Gasteiger partial charge is 0.226 e. The molecule has 2 heterocycles. The summed E-state index contributed by atoms with van der Waals surface area (Å²) in [6, 6.07) is 8.46. The zero-order chi connectivity index (χ0) is 15.8. The Hall–Kier alpha value is -2.14. The third-order valence-electron chi connectivity index (χ3n) is 4.97. The predicted octanol–water partition coefficient (Wildman–Crippen LogP) is 1.95. The van der Waals surface area contributed by atoms with Gasteiger partial charge < -0.3 is 10.1 Å². The van der Waals surface area contributed by atoms with Crippen LogP contribution in [0, 0.1) is 5.92 Å². The topological polar surface area (TPSA) is 56.1 Å². The summed E-state index contributed by atoms with van der Waals surface area (Å²) in [5.41, 5.74) is 3.77. The van der Waals surface area contributed by atoms with E-state index >= 15 is 0 Å². The molecule has 2 aromatic rings. The lowest BCUT2D eigenvalue weighted by Crippen LogP contribution is -2.37. The minimum absolute atomic E-state index is 0.0979. The Morgan fingerprint density at radius 3 is 3.09 bits per heavy atom. The van der Waals surface area contributed by atoms with Crippen molar-refractivity contribution in [2.75, 3.05) is 13.2 Å². The average molecular weight is 311 g/mol. The standard InChI is InChI=1S/C18H21N3O2/c1-21-11-14(10-20-21)17-16(6-7-23-17)18(22)19-9-13-8-12-4-2-3-5-15(12)13/h2-5,10-11,13,16-17H,6-9H2,1H3,(H,19,22)/t13?,16-,17+/m0/s1. The van der Waals surface area contributed by atoms with Crippen molar-refractivity contribution in [2.45, 2.75) is 24.9 Å². The molecular weight excluding hydrogens is 290 g/mol. The molecule has 1 fully saturated rings. The van der Waals surface area contributed by atoms with Crippen LogP contribution in [-0.2, 0) is 23.0 Å². The molecule has 0 bridgehead atoms. The van der Waals surface area contributed by atoms with E-state index in [-0.39, 0.29) is 17.9 Å². The van der Waals surface area contributed by atoms with Crippen LogP contribution < -0.4 is 5.32 Å². The van der Waals surface area contributed by atoms with Crippen LogP contribution in [0.5, 0.6) is 0 Å². The number of carbonyl (C=O) groups is 1. The molecule has 23 heavy (non-hydrogen) atoms. The third-order valence-corrected chi connectivity index (χ3v) is 4.97. The maximum Gasteiger partial charge on any atom is 0.226 e. The molecule has 1 aliphatic carbocycles. The van der Waals surface area contributed by atoms with Crippen molar-refractivity contribution in [1.29, 1.82) is 0 Å². The van der Waals surface area contributed by atoms with Gasteiger partial charge in [0.15, 0.2) is 0 Å². The zero-order valence-electron chi connectivity index (χ0n) is 13.2. The summed E-state index contributed by atoms with van der Waals surface area (Å²) in [6.45, 7) is 1.34. The number of nitrogens with one attached hydrogen (secondary N) is 1. The Morgan fingerprint density at radius 2 is 2.30 bits per heavy atom. The molecule has 0 spiro atoms. The Labute approximate surface area is 135 Å². The summed E-state index contributed by atoms with van der Waals surface area (Å²) in [4.78, 5) is 12.6. The highest BCUT2D eigenvalue weighted by Gasteiger charge is 2.36. The number of hydrogen-bond acceptors (Lipinski definition) is 3. The van der Waals surface area contributed by atoms with E-state index in [1.165, 1.54) is 11.1 Å². The van der Waals surface area contributed by atoms with E-state index in [9.17, 15) is 4.79 Å². The highest BCUT2D eigenvalue weighted by atomic mass is 16.5. The fourth-order valence-corrected chi connectivity index (χ4v) is 3.67. The van der Waals surface area contributed by atoms with Gasteiger partial charge in [-0.25, -0.2) is 0 Å². The maximum absolute atomic E-state index is 12.6. The number of amides is 1. The van der Waals surface area contributed by atoms with Gasteiger partial charge in [0.1, 0.15) is 0 Å². The Balaban J connectivity index is 1.37. The van der Waals surface area contributed by atoms with Crippen LogP contribution in [0.15, 0.2) is 36.7 Å². The molecule has 120 valence electrons. The van der Waals surface area contributed by atoms with E-state index in [4.69, 9.17) is 4.74 Å². The van der Waals surface area contributed by atoms with Gasteiger partial charge in [-0.3, -0.25) is 9.48 Å². The number of aromatic nitrogens is 2. The predicted molar refractivity (Wildman–Crippen MR) is 85.9 cm³/mol. The Kier molecular flexibility index (Phi) is 3.65. The first-order valence-electron chi connectivity index (χ1n) is 8.18. The second-order valence-corrected chi connectivity index (χ2v) is 6.48. The van der Waals surface area contributed by atoms with Crippen LogP contribution in [0.25, 0.3) is 0 Å². The van der Waals surface area contributed by atoms with E-state index < -0.39 is 0 Å². The maximum atomic E-state index is 12.6. The zero-order valence-corrected chi connectivity index (χ0v) is 13.2. The van der Waals surface area contributed by atoms with Crippen LogP contribution in [0.3, 0.4) is 0 Å². The molecule has 2 aliphatic rings. The van der Waals surface area contributed by atoms with Crippen molar-refractivity contribution in [1.82, 2.24) is 15.1 Å². The van der Waals surface area contributed by atoms with Crippen molar-refractivity contribution in [3.63, 3.8) is 0 Å². The summed E-state index contributed by atoms with van der Waals surface area (Å²) in [7, 11) is 1.88. The molecule has 1 aliphatic heterocycles. The molecule has 0 radical (unpaired) electrons. The number of benzene rings is 1. The number of nitrogens with zero attached hydrogens (tertiary/aromatic N) is 2. The fourth-order valence-electron chi connectivity index (χ4n) is 3.67. The lowest BCUT2D eigenvalue weighted by molar-refractivity contribution is -0.126. The second kappa shape index (κ2) is 5.81. The van der Waals surface area contributed by atoms with Crippen molar-refractivity contribution < 1.29 is 9.53 Å². The number of rotatable bonds is 4. The highest BCUT2D eigenvalue weighted by molar-refractivity contribution is 5.79. The first kappa shape index (κ1) is 14.5. The Bertz CT molecular complexity index is 725. The van der Waals surface area contributed by atoms with Crippen molar-refractivity contribution in [3.05, 3.63) is 53.3 Å². The SMILES string of the molecule is Cn1cc([C@H]2OCC[C@@H]2C(=O)NCC2Cc3ccccc32)cn1. The lowest BCUT2D eigenvalue weighted by Gasteiger charge is -2.30. The van der Waals surface area contributed by atoms with Crippen LogP contribution in [0.1, 0.15) is 35.1 Å². The normalized spacial score (nSPS) is 25.7. The Morgan fingerprint density at radius 1 is 1.43 bits per heavy atom. The molecule has 1 N–H and O–H groups in total. The van der Waals surface area contributed by atoms with Crippen molar-refractivity contribution >= 4 is 5.91 Å². The van der Waals surface area contributed by atoms with Crippen LogP contribution in [-0.4, -0.2) is 28.8 Å². The van der Waals surface area contributed by atoms with Gasteiger partial charge in [0, 0.05) is 37.9 Å². The summed E-state index contributed by atoms with van der Waals surface area (Å²) in [5, 5.41) is 7.31. The van der Waals surface area contributed by atoms with Gasteiger partial charge in [-0.2, -0.15) is 5.10 Å². The highest BCUT2D eigenvalue weighted by Crippen LogP contribution is 2.36. The average Bonchev–Trinajstić information content (AvgIpc) is 3.16. The van der Waals surface area contributed by atoms with E-state index in [2.05, 4.69) is 34.7 Å². The summed E-state index contributed by atoms with van der Waals surface area (Å²) in [5.74, 6) is 0.435. The van der Waals surface area contributed by atoms with Crippen molar-refractivity contribution in [3.8, 4) is 0 Å². The number of carbonyl (C=O) groups excluding carboxylic acids is 1. The minimum Gasteiger partial charge on any atom is -0.373 e. The van der Waals surface area contributed by atoms with Gasteiger partial charge in [-0.15, -0.1) is 0 Å². The summed E-state index contributed by atoms with van der Waals surface area (Å²) < 4.78 is 7.52. The number of ether oxygens (including phenoxy) is 1. The number of aryl methyl sites for hydroxylation is 1. The van der Waals surface area contributed by atoms with E-state index in [0.717, 1.165) is 18.4 Å². The van der Waals surface area contributed by atoms with Crippen LogP contribution in [0.2, 0.25) is 0 Å². The first-order valence-corrected chi connectivity index (χ1v) is 8.18. The first-order chi connectivity index (χ1) is 11.2. The summed E-state index contributed by atoms with van der Waals surface area (Å²) in [6.07, 6.45) is 5.38. The van der Waals surface area contributed by atoms with Crippen molar-refractivity contribution in [2.24, 2.45) is 13.0 Å². The molecule has 5 heteroatoms.